The highest BCUT2D eigenvalue weighted by Gasteiger charge is 2.41. The number of piperidine rings is 1. The number of amides is 1. The summed E-state index contributed by atoms with van der Waals surface area (Å²) in [6.45, 7) is 2.27. The molecule has 2 aliphatic heterocycles. The molecule has 142 valence electrons. The van der Waals surface area contributed by atoms with Crippen LogP contribution in [0.4, 0.5) is 0 Å². The minimum Gasteiger partial charge on any atom is -0.496 e. The lowest BCUT2D eigenvalue weighted by Gasteiger charge is -2.37. The molecule has 7 heteroatoms. The van der Waals surface area contributed by atoms with E-state index in [4.69, 9.17) is 14.2 Å². The van der Waals surface area contributed by atoms with Crippen LogP contribution in [0.3, 0.4) is 0 Å². The molecule has 0 radical (unpaired) electrons. The van der Waals surface area contributed by atoms with Gasteiger partial charge in [0.25, 0.3) is 11.5 Å². The third-order valence-electron chi connectivity index (χ3n) is 5.13. The van der Waals surface area contributed by atoms with Crippen molar-refractivity contribution in [3.8, 4) is 11.4 Å². The van der Waals surface area contributed by atoms with Crippen LogP contribution in [0.1, 0.15) is 23.2 Å². The van der Waals surface area contributed by atoms with E-state index in [9.17, 15) is 9.59 Å². The van der Waals surface area contributed by atoms with E-state index in [1.54, 1.807) is 11.1 Å². The van der Waals surface area contributed by atoms with Gasteiger partial charge in [-0.2, -0.15) is 0 Å². The first-order valence-corrected chi connectivity index (χ1v) is 9.05. The number of methoxy groups -OCH3 is 1. The lowest BCUT2D eigenvalue weighted by molar-refractivity contribution is -0.181. The zero-order valence-electron chi connectivity index (χ0n) is 15.2. The van der Waals surface area contributed by atoms with E-state index in [0.29, 0.717) is 50.4 Å². The summed E-state index contributed by atoms with van der Waals surface area (Å²) >= 11 is 0. The zero-order valence-corrected chi connectivity index (χ0v) is 15.2. The smallest absolute Gasteiger partial charge is 0.259 e. The number of hydrogen-bond donors (Lipinski definition) is 0. The van der Waals surface area contributed by atoms with Gasteiger partial charge in [-0.25, -0.2) is 0 Å². The first-order chi connectivity index (χ1) is 13.1. The minimum absolute atomic E-state index is 0.163. The number of hydrogen-bond acceptors (Lipinski definition) is 5. The lowest BCUT2D eigenvalue weighted by Crippen LogP contribution is -2.47. The summed E-state index contributed by atoms with van der Waals surface area (Å²) in [5, 5.41) is 0. The van der Waals surface area contributed by atoms with E-state index in [1.807, 2.05) is 30.3 Å². The largest absolute Gasteiger partial charge is 0.496 e. The van der Waals surface area contributed by atoms with Crippen molar-refractivity contribution in [1.29, 1.82) is 0 Å². The molecular formula is C20H22N2O5. The van der Waals surface area contributed by atoms with Gasteiger partial charge < -0.3 is 19.1 Å². The van der Waals surface area contributed by atoms with Gasteiger partial charge in [0.1, 0.15) is 5.75 Å². The van der Waals surface area contributed by atoms with Crippen LogP contribution in [-0.4, -0.2) is 54.6 Å². The average Bonchev–Trinajstić information content (AvgIpc) is 3.16. The minimum atomic E-state index is -0.538. The van der Waals surface area contributed by atoms with Gasteiger partial charge in [0.2, 0.25) is 0 Å². The molecular weight excluding hydrogens is 348 g/mol. The molecule has 2 fully saturated rings. The number of nitrogens with zero attached hydrogens (tertiary/aromatic N) is 2. The number of aromatic nitrogens is 1. The van der Waals surface area contributed by atoms with Crippen molar-refractivity contribution in [1.82, 2.24) is 9.47 Å². The Morgan fingerprint density at radius 2 is 1.78 bits per heavy atom. The molecule has 3 heterocycles. The molecule has 2 aliphatic rings. The summed E-state index contributed by atoms with van der Waals surface area (Å²) in [5.41, 5.74) is 0.815. The molecule has 1 aromatic heterocycles. The highest BCUT2D eigenvalue weighted by Crippen LogP contribution is 2.32. The molecule has 1 aromatic carbocycles. The molecule has 7 nitrogen and oxygen atoms in total. The van der Waals surface area contributed by atoms with E-state index in [2.05, 4.69) is 0 Å². The third kappa shape index (κ3) is 3.36. The Morgan fingerprint density at radius 1 is 1.11 bits per heavy atom. The Morgan fingerprint density at radius 3 is 2.41 bits per heavy atom. The Bertz CT molecular complexity index is 877. The Balaban J connectivity index is 1.62. The number of pyridine rings is 1. The van der Waals surface area contributed by atoms with Crippen molar-refractivity contribution in [2.75, 3.05) is 33.4 Å². The number of carbonyl (C=O) groups is 1. The molecule has 1 amide bonds. The molecule has 2 aromatic rings. The van der Waals surface area contributed by atoms with Gasteiger partial charge in [0.05, 0.1) is 25.9 Å². The van der Waals surface area contributed by atoms with Gasteiger partial charge in [0, 0.05) is 43.9 Å². The number of para-hydroxylation sites is 1. The Labute approximate surface area is 157 Å². The SMILES string of the molecule is COc1cc(=O)n(-c2ccccc2)cc1C(=O)N1CCC2(CC1)OCCO2. The number of ether oxygens (including phenoxy) is 3. The second kappa shape index (κ2) is 7.17. The summed E-state index contributed by atoms with van der Waals surface area (Å²) in [6, 6.07) is 10.6. The van der Waals surface area contributed by atoms with Crippen molar-refractivity contribution >= 4 is 5.91 Å². The quantitative estimate of drug-likeness (QED) is 0.824. The maximum absolute atomic E-state index is 13.1. The van der Waals surface area contributed by atoms with Gasteiger partial charge in [-0.3, -0.25) is 14.2 Å². The molecule has 0 saturated carbocycles. The Hall–Kier alpha value is -2.64. The number of likely N-dealkylation sites (tertiary alicyclic amines) is 1. The molecule has 0 aliphatic carbocycles. The van der Waals surface area contributed by atoms with Crippen LogP contribution in [0.15, 0.2) is 47.4 Å². The fourth-order valence-corrected chi connectivity index (χ4v) is 3.64. The van der Waals surface area contributed by atoms with E-state index in [-0.39, 0.29) is 17.2 Å². The lowest BCUT2D eigenvalue weighted by atomic mass is 10.0. The van der Waals surface area contributed by atoms with Crippen molar-refractivity contribution in [3.63, 3.8) is 0 Å². The number of benzene rings is 1. The van der Waals surface area contributed by atoms with Crippen LogP contribution < -0.4 is 10.3 Å². The van der Waals surface area contributed by atoms with E-state index < -0.39 is 5.79 Å². The molecule has 1 spiro atoms. The normalized spacial score (nSPS) is 18.6. The number of rotatable bonds is 3. The van der Waals surface area contributed by atoms with E-state index in [1.165, 1.54) is 17.7 Å². The maximum atomic E-state index is 13.1. The van der Waals surface area contributed by atoms with Gasteiger partial charge in [-0.1, -0.05) is 18.2 Å². The van der Waals surface area contributed by atoms with Gasteiger partial charge >= 0.3 is 0 Å². The maximum Gasteiger partial charge on any atom is 0.259 e. The first-order valence-electron chi connectivity index (χ1n) is 9.05. The van der Waals surface area contributed by atoms with Gasteiger partial charge in [-0.15, -0.1) is 0 Å². The van der Waals surface area contributed by atoms with Crippen molar-refractivity contribution in [2.45, 2.75) is 18.6 Å². The standard InChI is InChI=1S/C20H22N2O5/c1-25-17-13-18(23)22(15-5-3-2-4-6-15)14-16(17)19(24)21-9-7-20(8-10-21)26-11-12-27-20/h2-6,13-14H,7-12H2,1H3. The Kier molecular flexibility index (Phi) is 4.72. The summed E-state index contributed by atoms with van der Waals surface area (Å²) in [6.07, 6.45) is 2.84. The number of carbonyl (C=O) groups excluding carboxylic acids is 1. The third-order valence-corrected chi connectivity index (χ3v) is 5.13. The van der Waals surface area contributed by atoms with Crippen LogP contribution in [0, 0.1) is 0 Å². The summed E-state index contributed by atoms with van der Waals surface area (Å²) in [5.74, 6) is -0.417. The molecule has 0 N–H and O–H groups in total. The summed E-state index contributed by atoms with van der Waals surface area (Å²) in [7, 11) is 1.46. The molecule has 27 heavy (non-hydrogen) atoms. The predicted octanol–water partition coefficient (Wildman–Crippen LogP) is 1.83. The van der Waals surface area contributed by atoms with Crippen molar-refractivity contribution in [3.05, 3.63) is 58.5 Å². The van der Waals surface area contributed by atoms with E-state index >= 15 is 0 Å². The van der Waals surface area contributed by atoms with Gasteiger partial charge in [0.15, 0.2) is 5.79 Å². The van der Waals surface area contributed by atoms with Crippen molar-refractivity contribution < 1.29 is 19.0 Å². The molecule has 0 atom stereocenters. The second-order valence-electron chi connectivity index (χ2n) is 6.70. The molecule has 0 bridgehead atoms. The molecule has 4 rings (SSSR count). The topological polar surface area (TPSA) is 70.0 Å². The molecule has 0 unspecified atom stereocenters. The van der Waals surface area contributed by atoms with E-state index in [0.717, 1.165) is 0 Å². The van der Waals surface area contributed by atoms with Crippen LogP contribution in [0.5, 0.6) is 5.75 Å². The van der Waals surface area contributed by atoms with Crippen LogP contribution in [0.25, 0.3) is 5.69 Å². The highest BCUT2D eigenvalue weighted by atomic mass is 16.7. The fraction of sp³-hybridized carbons (Fsp3) is 0.400. The highest BCUT2D eigenvalue weighted by molar-refractivity contribution is 5.96. The first kappa shape index (κ1) is 17.8. The monoisotopic (exact) mass is 370 g/mol. The fourth-order valence-electron chi connectivity index (χ4n) is 3.64. The predicted molar refractivity (Wildman–Crippen MR) is 98.4 cm³/mol. The van der Waals surface area contributed by atoms with Crippen LogP contribution >= 0.6 is 0 Å². The van der Waals surface area contributed by atoms with Gasteiger partial charge in [-0.05, 0) is 12.1 Å². The average molecular weight is 370 g/mol. The van der Waals surface area contributed by atoms with Crippen LogP contribution in [0.2, 0.25) is 0 Å². The second-order valence-corrected chi connectivity index (χ2v) is 6.70. The summed E-state index contributed by atoms with van der Waals surface area (Å²) < 4.78 is 18.2. The molecule has 2 saturated heterocycles. The summed E-state index contributed by atoms with van der Waals surface area (Å²) in [4.78, 5) is 27.3. The zero-order chi connectivity index (χ0) is 18.9. The van der Waals surface area contributed by atoms with Crippen LogP contribution in [-0.2, 0) is 9.47 Å². The van der Waals surface area contributed by atoms with Crippen molar-refractivity contribution in [2.24, 2.45) is 0 Å².